The van der Waals surface area contributed by atoms with Crippen LogP contribution in [0.3, 0.4) is 0 Å². The normalized spacial score (nSPS) is 17.2. The molecule has 0 atom stereocenters. The van der Waals surface area contributed by atoms with E-state index in [1.54, 1.807) is 42.7 Å². The first-order valence-electron chi connectivity index (χ1n) is 7.85. The van der Waals surface area contributed by atoms with E-state index >= 15 is 0 Å². The van der Waals surface area contributed by atoms with Gasteiger partial charge in [0.1, 0.15) is 0 Å². The second-order valence-corrected chi connectivity index (χ2v) is 5.89. The maximum absolute atomic E-state index is 13.1. The zero-order chi connectivity index (χ0) is 17.0. The van der Waals surface area contributed by atoms with Crippen molar-refractivity contribution >= 4 is 23.2 Å². The highest BCUT2D eigenvalue weighted by molar-refractivity contribution is 5.92. The van der Waals surface area contributed by atoms with E-state index in [-0.39, 0.29) is 37.5 Å². The molecule has 7 heteroatoms. The van der Waals surface area contributed by atoms with Gasteiger partial charge < -0.3 is 10.6 Å². The van der Waals surface area contributed by atoms with Crippen molar-refractivity contribution in [3.8, 4) is 0 Å². The van der Waals surface area contributed by atoms with Gasteiger partial charge in [-0.05, 0) is 43.2 Å². The molecule has 24 heavy (non-hydrogen) atoms. The summed E-state index contributed by atoms with van der Waals surface area (Å²) in [7, 11) is 0. The fourth-order valence-electron chi connectivity index (χ4n) is 2.68. The molecular weight excluding hydrogens is 314 g/mol. The molecule has 1 aromatic heterocycles. The lowest BCUT2D eigenvalue weighted by molar-refractivity contribution is -0.124. The molecule has 0 radical (unpaired) electrons. The number of aromatic nitrogens is 2. The predicted molar refractivity (Wildman–Crippen MR) is 87.3 cm³/mol. The molecule has 1 aromatic carbocycles. The summed E-state index contributed by atoms with van der Waals surface area (Å²) in [6.45, 7) is 0. The van der Waals surface area contributed by atoms with Crippen molar-refractivity contribution in [1.82, 2.24) is 9.97 Å². The third-order valence-electron chi connectivity index (χ3n) is 4.06. The third kappa shape index (κ3) is 4.24. The highest BCUT2D eigenvalue weighted by Gasteiger charge is 2.37. The maximum Gasteiger partial charge on any atom is 0.248 e. The van der Waals surface area contributed by atoms with Gasteiger partial charge in [-0.1, -0.05) is 0 Å². The molecule has 1 saturated carbocycles. The van der Waals surface area contributed by atoms with E-state index in [1.807, 2.05) is 0 Å². The second kappa shape index (κ2) is 6.90. The molecule has 0 spiro atoms. The second-order valence-electron chi connectivity index (χ2n) is 5.89. The monoisotopic (exact) mass is 332 g/mol. The number of anilines is 3. The average molecular weight is 332 g/mol. The van der Waals surface area contributed by atoms with E-state index < -0.39 is 5.92 Å². The molecule has 1 heterocycles. The Labute approximate surface area is 138 Å². The number of carbonyl (C=O) groups excluding carboxylic acids is 1. The van der Waals surface area contributed by atoms with Gasteiger partial charge in [-0.3, -0.25) is 4.79 Å². The van der Waals surface area contributed by atoms with Crippen molar-refractivity contribution in [2.45, 2.75) is 31.6 Å². The van der Waals surface area contributed by atoms with Gasteiger partial charge in [-0.15, -0.1) is 0 Å². The Morgan fingerprint density at radius 1 is 1.04 bits per heavy atom. The lowest BCUT2D eigenvalue weighted by atomic mass is 9.86. The van der Waals surface area contributed by atoms with E-state index in [4.69, 9.17) is 0 Å². The van der Waals surface area contributed by atoms with Gasteiger partial charge in [0.25, 0.3) is 0 Å². The summed E-state index contributed by atoms with van der Waals surface area (Å²) in [6.07, 6.45) is 3.29. The van der Waals surface area contributed by atoms with Crippen molar-refractivity contribution in [3.05, 3.63) is 42.7 Å². The van der Waals surface area contributed by atoms with Crippen LogP contribution >= 0.6 is 0 Å². The molecule has 1 aliphatic carbocycles. The standard InChI is InChI=1S/C17H18F2N4O/c18-17(19)8-6-12(7-9-17)15(24)22-13-2-4-14(5-3-13)23-16-20-10-1-11-21-16/h1-5,10-12H,6-9H2,(H,22,24)(H,20,21,23). The topological polar surface area (TPSA) is 66.9 Å². The van der Waals surface area contributed by atoms with Gasteiger partial charge in [-0.25, -0.2) is 18.7 Å². The summed E-state index contributed by atoms with van der Waals surface area (Å²) in [4.78, 5) is 20.3. The van der Waals surface area contributed by atoms with Crippen LogP contribution in [-0.2, 0) is 4.79 Å². The van der Waals surface area contributed by atoms with Crippen LogP contribution in [0, 0.1) is 5.92 Å². The van der Waals surface area contributed by atoms with Crippen LogP contribution in [0.2, 0.25) is 0 Å². The molecule has 5 nitrogen and oxygen atoms in total. The number of hydrogen-bond acceptors (Lipinski definition) is 4. The summed E-state index contributed by atoms with van der Waals surface area (Å²) >= 11 is 0. The van der Waals surface area contributed by atoms with Crippen molar-refractivity contribution in [3.63, 3.8) is 0 Å². The van der Waals surface area contributed by atoms with E-state index in [1.165, 1.54) is 0 Å². The van der Waals surface area contributed by atoms with Crippen molar-refractivity contribution in [2.24, 2.45) is 5.92 Å². The molecule has 2 aromatic rings. The molecule has 126 valence electrons. The van der Waals surface area contributed by atoms with Crippen molar-refractivity contribution in [1.29, 1.82) is 0 Å². The van der Waals surface area contributed by atoms with Gasteiger partial charge in [0, 0.05) is 42.5 Å². The number of amides is 1. The third-order valence-corrected chi connectivity index (χ3v) is 4.06. The fraction of sp³-hybridized carbons (Fsp3) is 0.353. The summed E-state index contributed by atoms with van der Waals surface area (Å²) < 4.78 is 26.3. The van der Waals surface area contributed by atoms with E-state index in [0.29, 0.717) is 11.6 Å². The molecule has 0 aliphatic heterocycles. The van der Waals surface area contributed by atoms with E-state index in [0.717, 1.165) is 5.69 Å². The quantitative estimate of drug-likeness (QED) is 0.888. The van der Waals surface area contributed by atoms with Crippen LogP contribution in [-0.4, -0.2) is 21.8 Å². The largest absolute Gasteiger partial charge is 0.326 e. The Balaban J connectivity index is 1.55. The summed E-state index contributed by atoms with van der Waals surface area (Å²) in [5, 5.41) is 5.83. The summed E-state index contributed by atoms with van der Waals surface area (Å²) in [5.74, 6) is -2.68. The number of halogens is 2. The highest BCUT2D eigenvalue weighted by atomic mass is 19.3. The SMILES string of the molecule is O=C(Nc1ccc(Nc2ncccn2)cc1)C1CCC(F)(F)CC1. The van der Waals surface area contributed by atoms with Gasteiger partial charge in [0.05, 0.1) is 0 Å². The first kappa shape index (κ1) is 16.3. The fourth-order valence-corrected chi connectivity index (χ4v) is 2.68. The first-order chi connectivity index (χ1) is 11.5. The highest BCUT2D eigenvalue weighted by Crippen LogP contribution is 2.36. The summed E-state index contributed by atoms with van der Waals surface area (Å²) in [5.41, 5.74) is 1.42. The molecule has 3 rings (SSSR count). The van der Waals surface area contributed by atoms with Gasteiger partial charge >= 0.3 is 0 Å². The predicted octanol–water partition coefficient (Wildman–Crippen LogP) is 3.98. The molecule has 0 bridgehead atoms. The van der Waals surface area contributed by atoms with Gasteiger partial charge in [0.15, 0.2) is 0 Å². The lowest BCUT2D eigenvalue weighted by Gasteiger charge is -2.27. The molecule has 2 N–H and O–H groups in total. The van der Waals surface area contributed by atoms with Gasteiger partial charge in [0.2, 0.25) is 17.8 Å². The zero-order valence-electron chi connectivity index (χ0n) is 13.0. The molecule has 1 amide bonds. The van der Waals surface area contributed by atoms with Crippen LogP contribution in [0.15, 0.2) is 42.7 Å². The van der Waals surface area contributed by atoms with E-state index in [9.17, 15) is 13.6 Å². The molecule has 0 unspecified atom stereocenters. The number of hydrogen-bond donors (Lipinski definition) is 2. The van der Waals surface area contributed by atoms with Crippen LogP contribution in [0.1, 0.15) is 25.7 Å². The number of carbonyl (C=O) groups is 1. The molecule has 1 aliphatic rings. The average Bonchev–Trinajstić information content (AvgIpc) is 2.57. The van der Waals surface area contributed by atoms with Crippen LogP contribution in [0.5, 0.6) is 0 Å². The Bertz CT molecular complexity index is 681. The lowest BCUT2D eigenvalue weighted by Crippen LogP contribution is -2.31. The number of rotatable bonds is 4. The number of nitrogens with one attached hydrogen (secondary N) is 2. The smallest absolute Gasteiger partial charge is 0.248 e. The van der Waals surface area contributed by atoms with Crippen molar-refractivity contribution < 1.29 is 13.6 Å². The molecule has 1 fully saturated rings. The minimum Gasteiger partial charge on any atom is -0.326 e. The van der Waals surface area contributed by atoms with Crippen LogP contribution in [0.25, 0.3) is 0 Å². The molecular formula is C17H18F2N4O. The minimum atomic E-state index is -2.62. The Kier molecular flexibility index (Phi) is 4.69. The number of nitrogens with zero attached hydrogens (tertiary/aromatic N) is 2. The Morgan fingerprint density at radius 2 is 1.62 bits per heavy atom. The van der Waals surface area contributed by atoms with Crippen molar-refractivity contribution in [2.75, 3.05) is 10.6 Å². The maximum atomic E-state index is 13.1. The van der Waals surface area contributed by atoms with Gasteiger partial charge in [-0.2, -0.15) is 0 Å². The molecule has 0 saturated heterocycles. The summed E-state index contributed by atoms with van der Waals surface area (Å²) in [6, 6.07) is 8.81. The van der Waals surface area contributed by atoms with Crippen LogP contribution in [0.4, 0.5) is 26.1 Å². The zero-order valence-corrected chi connectivity index (χ0v) is 13.0. The number of benzene rings is 1. The number of alkyl halides is 2. The minimum absolute atomic E-state index is 0.197. The Morgan fingerprint density at radius 3 is 2.25 bits per heavy atom. The van der Waals surface area contributed by atoms with Crippen LogP contribution < -0.4 is 10.6 Å². The first-order valence-corrected chi connectivity index (χ1v) is 7.85. The van der Waals surface area contributed by atoms with E-state index in [2.05, 4.69) is 20.6 Å². The Hall–Kier alpha value is -2.57.